The average molecular weight is 413 g/mol. The minimum atomic E-state index is 0.0241. The zero-order chi connectivity index (χ0) is 21.1. The van der Waals surface area contributed by atoms with E-state index in [0.29, 0.717) is 13.2 Å². The number of ether oxygens (including phenoxy) is 2. The average Bonchev–Trinajstić information content (AvgIpc) is 2.75. The third-order valence-electron chi connectivity index (χ3n) is 6.16. The number of methoxy groups -OCH3 is 1. The van der Waals surface area contributed by atoms with Crippen LogP contribution in [0.25, 0.3) is 0 Å². The number of aromatic nitrogens is 2. The molecule has 7 heteroatoms. The highest BCUT2D eigenvalue weighted by atomic mass is 16.5. The lowest BCUT2D eigenvalue weighted by Gasteiger charge is -2.32. The molecule has 0 bridgehead atoms. The largest absolute Gasteiger partial charge is 0.493 e. The lowest BCUT2D eigenvalue weighted by Crippen LogP contribution is -2.39. The number of nitrogens with one attached hydrogen (secondary N) is 1. The molecule has 162 valence electrons. The Bertz CT molecular complexity index is 935. The summed E-state index contributed by atoms with van der Waals surface area (Å²) < 4.78 is 11.1. The van der Waals surface area contributed by atoms with Crippen molar-refractivity contribution in [2.45, 2.75) is 46.2 Å². The van der Waals surface area contributed by atoms with Gasteiger partial charge < -0.3 is 14.4 Å². The van der Waals surface area contributed by atoms with Gasteiger partial charge in [-0.3, -0.25) is 14.7 Å². The maximum absolute atomic E-state index is 12.7. The number of hydrogen-bond acceptors (Lipinski definition) is 6. The Morgan fingerprint density at radius 3 is 2.73 bits per heavy atom. The molecule has 0 amide bonds. The van der Waals surface area contributed by atoms with Gasteiger partial charge in [0.15, 0.2) is 11.5 Å². The van der Waals surface area contributed by atoms with E-state index < -0.39 is 0 Å². The van der Waals surface area contributed by atoms with Crippen molar-refractivity contribution in [3.05, 3.63) is 45.4 Å². The SMILES string of the molecule is CCOc1ccc(CN2CCc3c(nc(N4CCC(C)CC4)[nH]c3=O)C2)cc1OC. The highest BCUT2D eigenvalue weighted by Gasteiger charge is 2.24. The zero-order valence-corrected chi connectivity index (χ0v) is 18.2. The van der Waals surface area contributed by atoms with E-state index in [1.165, 1.54) is 0 Å². The molecule has 0 saturated carbocycles. The van der Waals surface area contributed by atoms with Crippen LogP contribution in [0, 0.1) is 5.92 Å². The van der Waals surface area contributed by atoms with E-state index in [1.807, 2.05) is 19.1 Å². The maximum Gasteiger partial charge on any atom is 0.255 e. The lowest BCUT2D eigenvalue weighted by molar-refractivity contribution is 0.239. The number of hydrogen-bond donors (Lipinski definition) is 1. The summed E-state index contributed by atoms with van der Waals surface area (Å²) in [7, 11) is 1.66. The number of rotatable bonds is 6. The minimum absolute atomic E-state index is 0.0241. The van der Waals surface area contributed by atoms with Gasteiger partial charge in [-0.25, -0.2) is 4.98 Å². The van der Waals surface area contributed by atoms with Crippen molar-refractivity contribution in [2.75, 3.05) is 38.3 Å². The summed E-state index contributed by atoms with van der Waals surface area (Å²) in [4.78, 5) is 25.1. The third kappa shape index (κ3) is 4.46. The van der Waals surface area contributed by atoms with E-state index in [9.17, 15) is 4.79 Å². The van der Waals surface area contributed by atoms with Crippen LogP contribution in [-0.2, 0) is 19.5 Å². The van der Waals surface area contributed by atoms with Crippen LogP contribution in [0.5, 0.6) is 11.5 Å². The van der Waals surface area contributed by atoms with Gasteiger partial charge in [0, 0.05) is 38.3 Å². The Morgan fingerprint density at radius 1 is 1.20 bits per heavy atom. The number of piperidine rings is 1. The Kier molecular flexibility index (Phi) is 6.27. The van der Waals surface area contributed by atoms with Crippen molar-refractivity contribution in [1.29, 1.82) is 0 Å². The van der Waals surface area contributed by atoms with Crippen LogP contribution in [0.2, 0.25) is 0 Å². The molecule has 0 unspecified atom stereocenters. The molecule has 1 aromatic heterocycles. The smallest absolute Gasteiger partial charge is 0.255 e. The fraction of sp³-hybridized carbons (Fsp3) is 0.565. The Morgan fingerprint density at radius 2 is 2.00 bits per heavy atom. The van der Waals surface area contributed by atoms with Gasteiger partial charge in [-0.15, -0.1) is 0 Å². The Hall–Kier alpha value is -2.54. The lowest BCUT2D eigenvalue weighted by atomic mass is 9.99. The summed E-state index contributed by atoms with van der Waals surface area (Å²) in [5, 5.41) is 0. The van der Waals surface area contributed by atoms with Gasteiger partial charge in [0.2, 0.25) is 5.95 Å². The first-order valence-corrected chi connectivity index (χ1v) is 11.0. The fourth-order valence-corrected chi connectivity index (χ4v) is 4.33. The van der Waals surface area contributed by atoms with Crippen molar-refractivity contribution < 1.29 is 9.47 Å². The number of anilines is 1. The molecule has 3 heterocycles. The van der Waals surface area contributed by atoms with Gasteiger partial charge in [-0.05, 0) is 49.8 Å². The third-order valence-corrected chi connectivity index (χ3v) is 6.16. The highest BCUT2D eigenvalue weighted by molar-refractivity contribution is 5.43. The molecule has 7 nitrogen and oxygen atoms in total. The van der Waals surface area contributed by atoms with Crippen molar-refractivity contribution in [2.24, 2.45) is 5.92 Å². The zero-order valence-electron chi connectivity index (χ0n) is 18.2. The first-order valence-electron chi connectivity index (χ1n) is 11.0. The molecule has 4 rings (SSSR count). The standard InChI is InChI=1S/C23H32N4O3/c1-4-30-20-6-5-17(13-21(20)29-3)14-26-10-9-18-19(15-26)24-23(25-22(18)28)27-11-7-16(2)8-12-27/h5-6,13,16H,4,7-12,14-15H2,1-3H3,(H,24,25,28). The molecule has 2 aliphatic heterocycles. The van der Waals surface area contributed by atoms with Crippen molar-refractivity contribution in [3.63, 3.8) is 0 Å². The van der Waals surface area contributed by atoms with Gasteiger partial charge in [-0.1, -0.05) is 13.0 Å². The number of H-pyrrole nitrogens is 1. The molecule has 0 spiro atoms. The van der Waals surface area contributed by atoms with Gasteiger partial charge in [0.25, 0.3) is 5.56 Å². The molecular weight excluding hydrogens is 380 g/mol. The second-order valence-corrected chi connectivity index (χ2v) is 8.36. The normalized spacial score (nSPS) is 17.6. The molecule has 0 atom stereocenters. The van der Waals surface area contributed by atoms with E-state index in [2.05, 4.69) is 27.8 Å². The number of aromatic amines is 1. The van der Waals surface area contributed by atoms with Crippen molar-refractivity contribution >= 4 is 5.95 Å². The molecule has 2 aliphatic rings. The molecule has 1 aromatic carbocycles. The van der Waals surface area contributed by atoms with Crippen molar-refractivity contribution in [1.82, 2.24) is 14.9 Å². The van der Waals surface area contributed by atoms with E-state index >= 15 is 0 Å². The summed E-state index contributed by atoms with van der Waals surface area (Å²) in [6.07, 6.45) is 3.02. The van der Waals surface area contributed by atoms with Crippen LogP contribution >= 0.6 is 0 Å². The molecule has 1 N–H and O–H groups in total. The Labute approximate surface area is 178 Å². The van der Waals surface area contributed by atoms with Gasteiger partial charge in [-0.2, -0.15) is 0 Å². The molecule has 1 fully saturated rings. The molecule has 1 saturated heterocycles. The number of nitrogens with zero attached hydrogens (tertiary/aromatic N) is 3. The van der Waals surface area contributed by atoms with Crippen LogP contribution in [0.15, 0.2) is 23.0 Å². The summed E-state index contributed by atoms with van der Waals surface area (Å²) in [5.41, 5.74) is 2.94. The first kappa shape index (κ1) is 20.7. The summed E-state index contributed by atoms with van der Waals surface area (Å²) >= 11 is 0. The molecule has 0 radical (unpaired) electrons. The number of benzene rings is 1. The monoisotopic (exact) mass is 412 g/mol. The van der Waals surface area contributed by atoms with Gasteiger partial charge >= 0.3 is 0 Å². The van der Waals surface area contributed by atoms with E-state index in [1.54, 1.807) is 7.11 Å². The quantitative estimate of drug-likeness (QED) is 0.787. The van der Waals surface area contributed by atoms with Crippen LogP contribution in [0.3, 0.4) is 0 Å². The summed E-state index contributed by atoms with van der Waals surface area (Å²) in [6, 6.07) is 6.08. The van der Waals surface area contributed by atoms with E-state index in [0.717, 1.165) is 85.6 Å². The van der Waals surface area contributed by atoms with Crippen LogP contribution < -0.4 is 19.9 Å². The van der Waals surface area contributed by atoms with E-state index in [-0.39, 0.29) is 5.56 Å². The van der Waals surface area contributed by atoms with Gasteiger partial charge in [0.05, 0.1) is 19.4 Å². The Balaban J connectivity index is 1.49. The van der Waals surface area contributed by atoms with E-state index in [4.69, 9.17) is 14.5 Å². The first-order chi connectivity index (χ1) is 14.6. The summed E-state index contributed by atoms with van der Waals surface area (Å²) in [5.74, 6) is 2.99. The predicted molar refractivity (Wildman–Crippen MR) is 117 cm³/mol. The van der Waals surface area contributed by atoms with Crippen molar-refractivity contribution in [3.8, 4) is 11.5 Å². The topological polar surface area (TPSA) is 70.7 Å². The second kappa shape index (κ2) is 9.08. The van der Waals surface area contributed by atoms with Crippen LogP contribution in [0.4, 0.5) is 5.95 Å². The molecule has 30 heavy (non-hydrogen) atoms. The van der Waals surface area contributed by atoms with Crippen LogP contribution in [0.1, 0.15) is 43.5 Å². The molecule has 2 aromatic rings. The highest BCUT2D eigenvalue weighted by Crippen LogP contribution is 2.29. The maximum atomic E-state index is 12.7. The van der Waals surface area contributed by atoms with Crippen LogP contribution in [-0.4, -0.2) is 48.2 Å². The minimum Gasteiger partial charge on any atom is -0.493 e. The number of fused-ring (bicyclic) bond motifs is 1. The summed E-state index contributed by atoms with van der Waals surface area (Å²) in [6.45, 7) is 9.08. The molecule has 0 aliphatic carbocycles. The fourth-order valence-electron chi connectivity index (χ4n) is 4.33. The molecular formula is C23H32N4O3. The second-order valence-electron chi connectivity index (χ2n) is 8.36. The van der Waals surface area contributed by atoms with Gasteiger partial charge in [0.1, 0.15) is 0 Å². The predicted octanol–water partition coefficient (Wildman–Crippen LogP) is 2.97.